The SMILES string of the molecule is CC(=O)CCCCNc1ccn([C@@H]2O[C@H](COP(=O)([O-])OP(=O)([O-])OP(=O)([O-])[O-])[C@@H](O)[C@H]2O)c(=O)n1. The minimum absolute atomic E-state index is 0.0525. The van der Waals surface area contributed by atoms with E-state index in [0.29, 0.717) is 25.8 Å². The predicted molar refractivity (Wildman–Crippen MR) is 108 cm³/mol. The summed E-state index contributed by atoms with van der Waals surface area (Å²) in [6.45, 7) is 0.745. The van der Waals surface area contributed by atoms with Crippen LogP contribution in [0.2, 0.25) is 0 Å². The van der Waals surface area contributed by atoms with Gasteiger partial charge in [0, 0.05) is 19.2 Å². The van der Waals surface area contributed by atoms with Crippen LogP contribution in [0.1, 0.15) is 32.4 Å². The number of carbonyl (C=O) groups excluding carboxylic acids is 1. The number of hydrogen-bond donors (Lipinski definition) is 3. The van der Waals surface area contributed by atoms with Gasteiger partial charge in [-0.05, 0) is 25.8 Å². The average Bonchev–Trinajstić information content (AvgIpc) is 2.97. The minimum atomic E-state index is -6.18. The highest BCUT2D eigenvalue weighted by molar-refractivity contribution is 7.64. The lowest BCUT2D eigenvalue weighted by Crippen LogP contribution is -2.36. The van der Waals surface area contributed by atoms with E-state index in [0.717, 1.165) is 4.57 Å². The van der Waals surface area contributed by atoms with Crippen molar-refractivity contribution in [2.24, 2.45) is 0 Å². The maximum atomic E-state index is 12.3. The van der Waals surface area contributed by atoms with Gasteiger partial charge in [-0.15, -0.1) is 0 Å². The molecule has 1 saturated heterocycles. The molecule has 6 atom stereocenters. The number of carbonyl (C=O) groups is 1. The molecule has 0 aromatic carbocycles. The van der Waals surface area contributed by atoms with E-state index in [4.69, 9.17) is 4.74 Å². The fourth-order valence-electron chi connectivity index (χ4n) is 2.97. The first-order valence-corrected chi connectivity index (χ1v) is 14.4. The van der Waals surface area contributed by atoms with E-state index in [2.05, 4.69) is 23.4 Å². The quantitative estimate of drug-likeness (QED) is 0.145. The zero-order valence-electron chi connectivity index (χ0n) is 18.4. The Balaban J connectivity index is 1.97. The molecule has 2 rings (SSSR count). The molecule has 0 aliphatic carbocycles. The molecular formula is C15H22N3O15P3-4. The summed E-state index contributed by atoms with van der Waals surface area (Å²) in [4.78, 5) is 70.5. The van der Waals surface area contributed by atoms with Crippen molar-refractivity contribution in [1.29, 1.82) is 0 Å². The average molecular weight is 577 g/mol. The zero-order chi connectivity index (χ0) is 27.3. The van der Waals surface area contributed by atoms with Crippen LogP contribution in [0.15, 0.2) is 17.1 Å². The van der Waals surface area contributed by atoms with Gasteiger partial charge >= 0.3 is 5.69 Å². The van der Waals surface area contributed by atoms with E-state index >= 15 is 0 Å². The summed E-state index contributed by atoms with van der Waals surface area (Å²) in [7, 11) is -18.2. The molecule has 18 nitrogen and oxygen atoms in total. The summed E-state index contributed by atoms with van der Waals surface area (Å²) in [5.74, 6) is 0.234. The van der Waals surface area contributed by atoms with Crippen LogP contribution in [0, 0.1) is 0 Å². The van der Waals surface area contributed by atoms with Crippen LogP contribution < -0.4 is 30.6 Å². The molecule has 0 spiro atoms. The second-order valence-electron chi connectivity index (χ2n) is 7.44. The van der Waals surface area contributed by atoms with Crippen molar-refractivity contribution >= 4 is 35.1 Å². The number of nitrogens with one attached hydrogen (secondary N) is 1. The number of unbranched alkanes of at least 4 members (excludes halogenated alkanes) is 1. The van der Waals surface area contributed by atoms with Gasteiger partial charge in [0.2, 0.25) is 0 Å². The van der Waals surface area contributed by atoms with Gasteiger partial charge in [-0.25, -0.2) is 9.11 Å². The second-order valence-corrected chi connectivity index (χ2v) is 11.7. The molecule has 36 heavy (non-hydrogen) atoms. The fraction of sp³-hybridized carbons (Fsp3) is 0.667. The molecule has 0 bridgehead atoms. The molecule has 21 heteroatoms. The van der Waals surface area contributed by atoms with Crippen LogP contribution in [-0.4, -0.2) is 57.0 Å². The van der Waals surface area contributed by atoms with Crippen molar-refractivity contribution < 1.29 is 66.2 Å². The standard InChI is InChI=1S/C15H26N3O15P3/c1-9(19)4-2-3-6-16-11-5-7-18(15(22)17-11)14-13(21)12(20)10(31-14)8-30-35(26,27)33-36(28,29)32-34(23,24)25/h5,7,10,12-14,20-21H,2-4,6,8H2,1H3,(H,26,27)(H,28,29)(H,16,17,22)(H2,23,24,25)/p-4/t10-,12-,13-,14-/m1/s1. The molecule has 0 saturated carbocycles. The van der Waals surface area contributed by atoms with E-state index in [1.54, 1.807) is 0 Å². The van der Waals surface area contributed by atoms with Gasteiger partial charge in [0.05, 0.1) is 14.4 Å². The monoisotopic (exact) mass is 577 g/mol. The van der Waals surface area contributed by atoms with Crippen molar-refractivity contribution in [2.45, 2.75) is 50.7 Å². The highest BCUT2D eigenvalue weighted by Crippen LogP contribution is 2.60. The van der Waals surface area contributed by atoms with E-state index in [9.17, 15) is 53.1 Å². The molecule has 3 N–H and O–H groups in total. The minimum Gasteiger partial charge on any atom is -0.790 e. The number of Topliss-reactive ketones (excluding diaryl/α,β-unsaturated/α-hetero) is 1. The molecule has 1 fully saturated rings. The van der Waals surface area contributed by atoms with Crippen LogP contribution in [-0.2, 0) is 36.4 Å². The Kier molecular flexibility index (Phi) is 10.7. The lowest BCUT2D eigenvalue weighted by Gasteiger charge is -2.37. The van der Waals surface area contributed by atoms with E-state index in [1.807, 2.05) is 0 Å². The number of nitrogens with zero attached hydrogens (tertiary/aromatic N) is 2. The zero-order valence-corrected chi connectivity index (χ0v) is 21.1. The van der Waals surface area contributed by atoms with Crippen molar-refractivity contribution in [3.05, 3.63) is 22.7 Å². The Morgan fingerprint density at radius 3 is 2.39 bits per heavy atom. The number of aliphatic hydroxyl groups is 2. The summed E-state index contributed by atoms with van der Waals surface area (Å²) in [6, 6.07) is 1.36. The normalized spacial score (nSPS) is 25.8. The van der Waals surface area contributed by atoms with Gasteiger partial charge in [0.25, 0.3) is 15.6 Å². The lowest BCUT2D eigenvalue weighted by molar-refractivity contribution is -0.339. The van der Waals surface area contributed by atoms with Crippen LogP contribution in [0.4, 0.5) is 5.82 Å². The van der Waals surface area contributed by atoms with Crippen molar-refractivity contribution in [1.82, 2.24) is 9.55 Å². The van der Waals surface area contributed by atoms with Gasteiger partial charge in [0.1, 0.15) is 29.9 Å². The summed E-state index contributed by atoms with van der Waals surface area (Å²) in [6.07, 6.45) is -3.94. The molecular weight excluding hydrogens is 555 g/mol. The number of ketones is 1. The third-order valence-electron chi connectivity index (χ3n) is 4.50. The molecule has 206 valence electrons. The Morgan fingerprint density at radius 1 is 1.14 bits per heavy atom. The van der Waals surface area contributed by atoms with Crippen LogP contribution in [0.25, 0.3) is 0 Å². The number of anilines is 1. The number of hydrogen-bond acceptors (Lipinski definition) is 17. The first kappa shape index (κ1) is 30.9. The highest BCUT2D eigenvalue weighted by atomic mass is 31.3. The number of ether oxygens (including phenoxy) is 1. The second kappa shape index (κ2) is 12.5. The Labute approximate surface area is 203 Å². The molecule has 0 amide bonds. The Bertz CT molecular complexity index is 1120. The number of phosphoric ester groups is 1. The molecule has 2 heterocycles. The van der Waals surface area contributed by atoms with Crippen molar-refractivity contribution in [2.75, 3.05) is 18.5 Å². The van der Waals surface area contributed by atoms with Gasteiger partial charge in [0.15, 0.2) is 6.23 Å². The number of rotatable bonds is 14. The summed E-state index contributed by atoms with van der Waals surface area (Å²) < 4.78 is 49.8. The van der Waals surface area contributed by atoms with E-state index in [1.165, 1.54) is 19.2 Å². The molecule has 1 aliphatic rings. The maximum absolute atomic E-state index is 12.3. The molecule has 2 unspecified atom stereocenters. The summed E-state index contributed by atoms with van der Waals surface area (Å²) in [5, 5.41) is 23.2. The topological polar surface area (TPSA) is 285 Å². The molecule has 1 aromatic heterocycles. The summed E-state index contributed by atoms with van der Waals surface area (Å²) in [5.41, 5.74) is -0.913. The number of phosphoric acid groups is 3. The van der Waals surface area contributed by atoms with Crippen LogP contribution >= 0.6 is 23.5 Å². The molecule has 0 radical (unpaired) electrons. The Morgan fingerprint density at radius 2 is 1.81 bits per heavy atom. The van der Waals surface area contributed by atoms with Gasteiger partial charge in [-0.1, -0.05) is 0 Å². The van der Waals surface area contributed by atoms with Crippen molar-refractivity contribution in [3.8, 4) is 0 Å². The Hall–Kier alpha value is -1.36. The molecule has 1 aliphatic heterocycles. The lowest BCUT2D eigenvalue weighted by atomic mass is 10.1. The summed E-state index contributed by atoms with van der Waals surface area (Å²) >= 11 is 0. The van der Waals surface area contributed by atoms with Gasteiger partial charge in [-0.3, -0.25) is 18.0 Å². The number of aromatic nitrogens is 2. The first-order valence-electron chi connectivity index (χ1n) is 10.1. The van der Waals surface area contributed by atoms with Crippen LogP contribution in [0.5, 0.6) is 0 Å². The largest absolute Gasteiger partial charge is 0.790 e. The van der Waals surface area contributed by atoms with Crippen LogP contribution in [0.3, 0.4) is 0 Å². The predicted octanol–water partition coefficient (Wildman–Crippen LogP) is -3.15. The number of aliphatic hydroxyl groups excluding tert-OH is 2. The third kappa shape index (κ3) is 9.84. The van der Waals surface area contributed by atoms with E-state index in [-0.39, 0.29) is 11.6 Å². The molecule has 1 aromatic rings. The fourth-order valence-corrected chi connectivity index (χ4v) is 5.83. The van der Waals surface area contributed by atoms with E-state index < -0.39 is 60.3 Å². The van der Waals surface area contributed by atoms with Crippen molar-refractivity contribution in [3.63, 3.8) is 0 Å². The highest BCUT2D eigenvalue weighted by Gasteiger charge is 2.44. The van der Waals surface area contributed by atoms with Gasteiger partial charge in [-0.2, -0.15) is 4.98 Å². The smallest absolute Gasteiger partial charge is 0.351 e. The third-order valence-corrected chi connectivity index (χ3v) is 8.17. The first-order chi connectivity index (χ1) is 16.5. The maximum Gasteiger partial charge on any atom is 0.351 e. The van der Waals surface area contributed by atoms with Gasteiger partial charge < -0.3 is 53.7 Å².